The van der Waals surface area contributed by atoms with Crippen LogP contribution in [0.25, 0.3) is 0 Å². The Kier molecular flexibility index (Phi) is 4.80. The van der Waals surface area contributed by atoms with E-state index in [-0.39, 0.29) is 18.6 Å². The third-order valence-corrected chi connectivity index (χ3v) is 3.53. The molecule has 104 valence electrons. The first-order valence-corrected chi connectivity index (χ1v) is 6.84. The number of hydrogen-bond donors (Lipinski definition) is 2. The minimum absolute atomic E-state index is 0.0537. The smallest absolute Gasteiger partial charge is 0.258 e. The summed E-state index contributed by atoms with van der Waals surface area (Å²) in [5, 5.41) is 6.32. The second-order valence-corrected chi connectivity index (χ2v) is 5.25. The van der Waals surface area contributed by atoms with Crippen LogP contribution < -0.4 is 15.4 Å². The molecule has 1 aliphatic heterocycles. The van der Waals surface area contributed by atoms with E-state index in [0.717, 1.165) is 30.8 Å². The van der Waals surface area contributed by atoms with Crippen LogP contribution in [0, 0.1) is 12.8 Å². The molecule has 1 fully saturated rings. The average molecular weight is 262 g/mol. The van der Waals surface area contributed by atoms with Crippen LogP contribution in [0.15, 0.2) is 24.3 Å². The van der Waals surface area contributed by atoms with Gasteiger partial charge in [-0.15, -0.1) is 0 Å². The van der Waals surface area contributed by atoms with E-state index < -0.39 is 0 Å². The molecule has 0 radical (unpaired) electrons. The van der Waals surface area contributed by atoms with Crippen molar-refractivity contribution >= 4 is 5.91 Å². The predicted octanol–water partition coefficient (Wildman–Crippen LogP) is 1.49. The average Bonchev–Trinajstić information content (AvgIpc) is 2.39. The van der Waals surface area contributed by atoms with Crippen molar-refractivity contribution in [2.45, 2.75) is 26.3 Å². The molecule has 2 N–H and O–H groups in total. The fourth-order valence-electron chi connectivity index (χ4n) is 2.29. The minimum atomic E-state index is -0.0537. The lowest BCUT2D eigenvalue weighted by atomic mass is 9.95. The first-order valence-electron chi connectivity index (χ1n) is 6.84. The summed E-state index contributed by atoms with van der Waals surface area (Å²) in [7, 11) is 0. The van der Waals surface area contributed by atoms with Crippen molar-refractivity contribution in [1.82, 2.24) is 10.6 Å². The normalized spacial score (nSPS) is 22.8. The molecule has 4 nitrogen and oxygen atoms in total. The Morgan fingerprint density at radius 1 is 1.53 bits per heavy atom. The Bertz CT molecular complexity index is 434. The zero-order valence-corrected chi connectivity index (χ0v) is 11.6. The van der Waals surface area contributed by atoms with Crippen molar-refractivity contribution in [3.63, 3.8) is 0 Å². The summed E-state index contributed by atoms with van der Waals surface area (Å²) in [4.78, 5) is 11.9. The lowest BCUT2D eigenvalue weighted by Gasteiger charge is -2.30. The first-order chi connectivity index (χ1) is 9.15. The molecular weight excluding hydrogens is 240 g/mol. The van der Waals surface area contributed by atoms with Gasteiger partial charge in [-0.1, -0.05) is 19.1 Å². The maximum atomic E-state index is 11.9. The molecule has 1 heterocycles. The first kappa shape index (κ1) is 13.9. The molecule has 1 saturated heterocycles. The Morgan fingerprint density at radius 2 is 2.37 bits per heavy atom. The Labute approximate surface area is 114 Å². The SMILES string of the molecule is Cc1cccc(OCC(=O)NC2CNCCC2C)c1. The van der Waals surface area contributed by atoms with E-state index in [1.54, 1.807) is 0 Å². The van der Waals surface area contributed by atoms with Crippen LogP contribution in [0.5, 0.6) is 5.75 Å². The molecule has 0 spiro atoms. The molecule has 0 aliphatic carbocycles. The van der Waals surface area contributed by atoms with Gasteiger partial charge >= 0.3 is 0 Å². The molecule has 19 heavy (non-hydrogen) atoms. The van der Waals surface area contributed by atoms with Crippen LogP contribution >= 0.6 is 0 Å². The van der Waals surface area contributed by atoms with Gasteiger partial charge in [0.05, 0.1) is 0 Å². The van der Waals surface area contributed by atoms with Crippen LogP contribution in [0.3, 0.4) is 0 Å². The summed E-state index contributed by atoms with van der Waals surface area (Å²) in [6.07, 6.45) is 1.10. The number of nitrogens with one attached hydrogen (secondary N) is 2. The third kappa shape index (κ3) is 4.24. The number of ether oxygens (including phenoxy) is 1. The van der Waals surface area contributed by atoms with Gasteiger partial charge in [0, 0.05) is 12.6 Å². The molecule has 0 aromatic heterocycles. The van der Waals surface area contributed by atoms with Crippen molar-refractivity contribution in [3.8, 4) is 5.75 Å². The number of rotatable bonds is 4. The van der Waals surface area contributed by atoms with Gasteiger partial charge in [-0.05, 0) is 43.5 Å². The van der Waals surface area contributed by atoms with E-state index in [9.17, 15) is 4.79 Å². The number of carbonyl (C=O) groups is 1. The van der Waals surface area contributed by atoms with Crippen molar-refractivity contribution in [2.75, 3.05) is 19.7 Å². The summed E-state index contributed by atoms with van der Waals surface area (Å²) in [6, 6.07) is 7.93. The highest BCUT2D eigenvalue weighted by molar-refractivity contribution is 5.77. The zero-order chi connectivity index (χ0) is 13.7. The summed E-state index contributed by atoms with van der Waals surface area (Å²) >= 11 is 0. The number of benzene rings is 1. The van der Waals surface area contributed by atoms with E-state index >= 15 is 0 Å². The van der Waals surface area contributed by atoms with Gasteiger partial charge in [0.2, 0.25) is 0 Å². The highest BCUT2D eigenvalue weighted by Gasteiger charge is 2.22. The van der Waals surface area contributed by atoms with Gasteiger partial charge < -0.3 is 15.4 Å². The lowest BCUT2D eigenvalue weighted by Crippen LogP contribution is -2.51. The van der Waals surface area contributed by atoms with E-state index in [0.29, 0.717) is 5.92 Å². The number of hydrogen-bond acceptors (Lipinski definition) is 3. The molecule has 0 bridgehead atoms. The number of amides is 1. The van der Waals surface area contributed by atoms with Crippen LogP contribution in [0.4, 0.5) is 0 Å². The fourth-order valence-corrected chi connectivity index (χ4v) is 2.29. The molecule has 1 aromatic rings. The van der Waals surface area contributed by atoms with Crippen molar-refractivity contribution in [1.29, 1.82) is 0 Å². The van der Waals surface area contributed by atoms with Gasteiger partial charge in [-0.3, -0.25) is 4.79 Å². The van der Waals surface area contributed by atoms with Gasteiger partial charge in [-0.2, -0.15) is 0 Å². The summed E-state index contributed by atoms with van der Waals surface area (Å²) < 4.78 is 5.49. The van der Waals surface area contributed by atoms with E-state index in [1.165, 1.54) is 0 Å². The maximum Gasteiger partial charge on any atom is 0.258 e. The van der Waals surface area contributed by atoms with Crippen LogP contribution in [-0.2, 0) is 4.79 Å². The Hall–Kier alpha value is -1.55. The summed E-state index contributed by atoms with van der Waals surface area (Å²) in [5.74, 6) is 1.20. The van der Waals surface area contributed by atoms with Crippen LogP contribution in [-0.4, -0.2) is 31.6 Å². The van der Waals surface area contributed by atoms with Crippen LogP contribution in [0.2, 0.25) is 0 Å². The van der Waals surface area contributed by atoms with Gasteiger partial charge in [0.15, 0.2) is 6.61 Å². The monoisotopic (exact) mass is 262 g/mol. The van der Waals surface area contributed by atoms with Crippen molar-refractivity contribution in [2.24, 2.45) is 5.92 Å². The predicted molar refractivity (Wildman–Crippen MR) is 75.3 cm³/mol. The fraction of sp³-hybridized carbons (Fsp3) is 0.533. The topological polar surface area (TPSA) is 50.4 Å². The molecule has 2 unspecified atom stereocenters. The molecule has 4 heteroatoms. The summed E-state index contributed by atoms with van der Waals surface area (Å²) in [6.45, 7) is 6.13. The standard InChI is InChI=1S/C15H22N2O2/c1-11-4-3-5-13(8-11)19-10-15(18)17-14-9-16-7-6-12(14)2/h3-5,8,12,14,16H,6-7,9-10H2,1-2H3,(H,17,18). The van der Waals surface area contributed by atoms with E-state index in [4.69, 9.17) is 4.74 Å². The Morgan fingerprint density at radius 3 is 3.11 bits per heavy atom. The maximum absolute atomic E-state index is 11.9. The highest BCUT2D eigenvalue weighted by atomic mass is 16.5. The van der Waals surface area contributed by atoms with E-state index in [2.05, 4.69) is 17.6 Å². The summed E-state index contributed by atoms with van der Waals surface area (Å²) in [5.41, 5.74) is 1.13. The van der Waals surface area contributed by atoms with E-state index in [1.807, 2.05) is 31.2 Å². The van der Waals surface area contributed by atoms with Gasteiger partial charge in [0.1, 0.15) is 5.75 Å². The molecule has 2 rings (SSSR count). The molecular formula is C15H22N2O2. The number of carbonyl (C=O) groups excluding carboxylic acids is 1. The van der Waals surface area contributed by atoms with Crippen molar-refractivity contribution in [3.05, 3.63) is 29.8 Å². The molecule has 1 amide bonds. The van der Waals surface area contributed by atoms with Crippen molar-refractivity contribution < 1.29 is 9.53 Å². The number of piperidine rings is 1. The van der Waals surface area contributed by atoms with Gasteiger partial charge in [-0.25, -0.2) is 0 Å². The highest BCUT2D eigenvalue weighted by Crippen LogP contribution is 2.13. The third-order valence-electron chi connectivity index (χ3n) is 3.53. The largest absolute Gasteiger partial charge is 0.484 e. The molecule has 2 atom stereocenters. The lowest BCUT2D eigenvalue weighted by molar-refractivity contribution is -0.124. The second-order valence-electron chi connectivity index (χ2n) is 5.25. The quantitative estimate of drug-likeness (QED) is 0.864. The van der Waals surface area contributed by atoms with Crippen LogP contribution in [0.1, 0.15) is 18.9 Å². The zero-order valence-electron chi connectivity index (χ0n) is 11.6. The van der Waals surface area contributed by atoms with Gasteiger partial charge in [0.25, 0.3) is 5.91 Å². The Balaban J connectivity index is 1.78. The molecule has 0 saturated carbocycles. The second kappa shape index (κ2) is 6.57. The number of aryl methyl sites for hydroxylation is 1. The molecule has 1 aliphatic rings. The molecule has 1 aromatic carbocycles. The minimum Gasteiger partial charge on any atom is -0.484 e.